The van der Waals surface area contributed by atoms with E-state index >= 15 is 0 Å². The molecule has 12 aromatic rings. The number of hydrogen-bond acceptors (Lipinski definition) is 3. The fraction of sp³-hybridized carbons (Fsp3) is 0. The highest BCUT2D eigenvalue weighted by Gasteiger charge is 2.22. The molecule has 5 nitrogen and oxygen atoms in total. The monoisotopic (exact) mass is 739 g/mol. The van der Waals surface area contributed by atoms with E-state index in [1.54, 1.807) is 0 Å². The van der Waals surface area contributed by atoms with Crippen molar-refractivity contribution in [2.75, 3.05) is 0 Å². The zero-order chi connectivity index (χ0) is 38.2. The van der Waals surface area contributed by atoms with Gasteiger partial charge in [0.1, 0.15) is 0 Å². The molecular formula is C53H33N5. The van der Waals surface area contributed by atoms with Crippen LogP contribution in [0.25, 0.3) is 111 Å². The van der Waals surface area contributed by atoms with Gasteiger partial charge in [-0.15, -0.1) is 0 Å². The average molecular weight is 740 g/mol. The molecule has 0 unspecified atom stereocenters. The van der Waals surface area contributed by atoms with Gasteiger partial charge in [-0.2, -0.15) is 9.97 Å². The maximum atomic E-state index is 5.44. The summed E-state index contributed by atoms with van der Waals surface area (Å²) in [6.07, 6.45) is 0. The maximum Gasteiger partial charge on any atom is 0.238 e. The van der Waals surface area contributed by atoms with E-state index in [-0.39, 0.29) is 0 Å². The molecule has 0 atom stereocenters. The highest BCUT2D eigenvalue weighted by Crippen LogP contribution is 2.40. The van der Waals surface area contributed by atoms with Crippen LogP contribution in [0, 0.1) is 0 Å². The Kier molecular flexibility index (Phi) is 7.16. The Labute approximate surface area is 333 Å². The van der Waals surface area contributed by atoms with Gasteiger partial charge in [-0.3, -0.25) is 4.57 Å². The van der Waals surface area contributed by atoms with Crippen molar-refractivity contribution >= 4 is 65.2 Å². The molecule has 0 fully saturated rings. The summed E-state index contributed by atoms with van der Waals surface area (Å²) in [7, 11) is 0. The van der Waals surface area contributed by atoms with Gasteiger partial charge in [0.2, 0.25) is 5.95 Å². The summed E-state index contributed by atoms with van der Waals surface area (Å²) in [6.45, 7) is 0. The number of nitrogens with zero attached hydrogens (tertiary/aromatic N) is 5. The van der Waals surface area contributed by atoms with Crippen LogP contribution in [-0.4, -0.2) is 24.1 Å². The zero-order valence-corrected chi connectivity index (χ0v) is 31.3. The van der Waals surface area contributed by atoms with Crippen LogP contribution in [0.5, 0.6) is 0 Å². The molecule has 3 aromatic heterocycles. The molecule has 0 aliphatic heterocycles. The Morgan fingerprint density at radius 1 is 0.310 bits per heavy atom. The van der Waals surface area contributed by atoms with Crippen LogP contribution in [0.4, 0.5) is 0 Å². The van der Waals surface area contributed by atoms with Crippen LogP contribution in [-0.2, 0) is 0 Å². The lowest BCUT2D eigenvalue weighted by Gasteiger charge is -2.15. The Balaban J connectivity index is 1.16. The minimum Gasteiger partial charge on any atom is -0.309 e. The molecule has 5 heteroatoms. The molecule has 0 amide bonds. The third kappa shape index (κ3) is 4.93. The van der Waals surface area contributed by atoms with Crippen molar-refractivity contribution in [1.82, 2.24) is 24.1 Å². The van der Waals surface area contributed by atoms with Gasteiger partial charge < -0.3 is 4.57 Å². The fourth-order valence-corrected chi connectivity index (χ4v) is 9.00. The Morgan fingerprint density at radius 3 is 1.67 bits per heavy atom. The molecule has 58 heavy (non-hydrogen) atoms. The number of fused-ring (bicyclic) bond motifs is 9. The largest absolute Gasteiger partial charge is 0.309 e. The highest BCUT2D eigenvalue weighted by atomic mass is 15.2. The quantitative estimate of drug-likeness (QED) is 0.165. The first-order chi connectivity index (χ1) is 28.8. The van der Waals surface area contributed by atoms with Crippen LogP contribution in [0.1, 0.15) is 0 Å². The number of aromatic nitrogens is 5. The van der Waals surface area contributed by atoms with Gasteiger partial charge in [-0.25, -0.2) is 4.98 Å². The summed E-state index contributed by atoms with van der Waals surface area (Å²) >= 11 is 0. The first-order valence-corrected chi connectivity index (χ1v) is 19.6. The third-order valence-electron chi connectivity index (χ3n) is 11.6. The lowest BCUT2D eigenvalue weighted by atomic mass is 9.99. The molecule has 12 rings (SSSR count). The fourth-order valence-electron chi connectivity index (χ4n) is 9.00. The lowest BCUT2D eigenvalue weighted by molar-refractivity contribution is 0.952. The minimum absolute atomic E-state index is 0.562. The van der Waals surface area contributed by atoms with Crippen LogP contribution >= 0.6 is 0 Å². The molecule has 0 aliphatic rings. The van der Waals surface area contributed by atoms with E-state index in [1.165, 1.54) is 32.5 Å². The Hall–Kier alpha value is -7.89. The predicted molar refractivity (Wildman–Crippen MR) is 240 cm³/mol. The number of benzene rings is 9. The van der Waals surface area contributed by atoms with Crippen molar-refractivity contribution in [2.24, 2.45) is 0 Å². The van der Waals surface area contributed by atoms with Crippen LogP contribution in [0.3, 0.4) is 0 Å². The molecule has 0 N–H and O–H groups in total. The normalized spacial score (nSPS) is 11.8. The predicted octanol–water partition coefficient (Wildman–Crippen LogP) is 13.4. The average Bonchev–Trinajstić information content (AvgIpc) is 3.82. The molecular weight excluding hydrogens is 707 g/mol. The van der Waals surface area contributed by atoms with Gasteiger partial charge in [0.05, 0.1) is 27.8 Å². The summed E-state index contributed by atoms with van der Waals surface area (Å²) in [4.78, 5) is 16.2. The second-order valence-corrected chi connectivity index (χ2v) is 14.8. The van der Waals surface area contributed by atoms with Crippen molar-refractivity contribution < 1.29 is 0 Å². The van der Waals surface area contributed by atoms with Crippen LogP contribution in [0.15, 0.2) is 200 Å². The smallest absolute Gasteiger partial charge is 0.238 e. The minimum atomic E-state index is 0.562. The summed E-state index contributed by atoms with van der Waals surface area (Å²) in [6, 6.07) is 70.9. The van der Waals surface area contributed by atoms with E-state index in [0.29, 0.717) is 17.6 Å². The molecule has 3 heterocycles. The maximum absolute atomic E-state index is 5.44. The molecule has 270 valence electrons. The van der Waals surface area contributed by atoms with E-state index in [9.17, 15) is 0 Å². The van der Waals surface area contributed by atoms with Gasteiger partial charge >= 0.3 is 0 Å². The van der Waals surface area contributed by atoms with Crippen molar-refractivity contribution in [3.05, 3.63) is 200 Å². The van der Waals surface area contributed by atoms with Crippen molar-refractivity contribution in [2.45, 2.75) is 0 Å². The molecule has 0 saturated carbocycles. The van der Waals surface area contributed by atoms with Gasteiger partial charge in [-0.1, -0.05) is 158 Å². The summed E-state index contributed by atoms with van der Waals surface area (Å²) in [5, 5.41) is 9.48. The Bertz CT molecular complexity index is 3520. The SMILES string of the molecule is c1ccc(-c2cccc3c2c2ccccc2n3-c2nc(-c3ccc4c(ccc5ccccc54)c3)nc(-c3ccccc3-n3c4ccccc4c4ccccc43)n2)cc1. The summed E-state index contributed by atoms with van der Waals surface area (Å²) in [5.41, 5.74) is 9.49. The highest BCUT2D eigenvalue weighted by molar-refractivity contribution is 6.16. The molecule has 0 bridgehead atoms. The summed E-state index contributed by atoms with van der Waals surface area (Å²) < 4.78 is 4.56. The molecule has 9 aromatic carbocycles. The van der Waals surface area contributed by atoms with Gasteiger partial charge in [-0.05, 0) is 75.1 Å². The number of rotatable bonds is 5. The number of para-hydroxylation sites is 4. The third-order valence-corrected chi connectivity index (χ3v) is 11.6. The standard InChI is InChI=1S/C53H33N5/c1-2-15-34(16-3-1)40-23-14-28-49-50(40)43-21-8-12-26-47(43)58(49)53-55-51(37-31-32-39-36(33-37)30-29-35-17-4-5-18-38(35)39)54-52(56-53)44-22-9-13-27-48(44)57-45-24-10-6-19-41(45)42-20-7-11-25-46(42)57/h1-33H. The van der Waals surface area contributed by atoms with Gasteiger partial charge in [0.25, 0.3) is 0 Å². The van der Waals surface area contributed by atoms with Gasteiger partial charge in [0.15, 0.2) is 11.6 Å². The van der Waals surface area contributed by atoms with E-state index in [2.05, 4.69) is 209 Å². The Morgan fingerprint density at radius 2 is 0.879 bits per heavy atom. The van der Waals surface area contributed by atoms with E-state index in [0.717, 1.165) is 60.6 Å². The molecule has 0 saturated heterocycles. The topological polar surface area (TPSA) is 48.5 Å². The first-order valence-electron chi connectivity index (χ1n) is 19.6. The first kappa shape index (κ1) is 32.4. The molecule has 0 aliphatic carbocycles. The van der Waals surface area contributed by atoms with Crippen molar-refractivity contribution in [3.63, 3.8) is 0 Å². The summed E-state index contributed by atoms with van der Waals surface area (Å²) in [5.74, 6) is 1.77. The van der Waals surface area contributed by atoms with E-state index in [4.69, 9.17) is 15.0 Å². The van der Waals surface area contributed by atoms with Crippen LogP contribution < -0.4 is 0 Å². The second kappa shape index (κ2) is 12.8. The van der Waals surface area contributed by atoms with E-state index < -0.39 is 0 Å². The molecule has 0 spiro atoms. The van der Waals surface area contributed by atoms with E-state index in [1.807, 2.05) is 0 Å². The van der Waals surface area contributed by atoms with Crippen molar-refractivity contribution in [1.29, 1.82) is 0 Å². The zero-order valence-electron chi connectivity index (χ0n) is 31.3. The van der Waals surface area contributed by atoms with Crippen LogP contribution in [0.2, 0.25) is 0 Å². The van der Waals surface area contributed by atoms with Gasteiger partial charge in [0, 0.05) is 32.7 Å². The van der Waals surface area contributed by atoms with Crippen molar-refractivity contribution in [3.8, 4) is 45.5 Å². The lowest BCUT2D eigenvalue weighted by Crippen LogP contribution is -2.07. The molecule has 0 radical (unpaired) electrons. The second-order valence-electron chi connectivity index (χ2n) is 14.8. The number of hydrogen-bond donors (Lipinski definition) is 0.